The van der Waals surface area contributed by atoms with Gasteiger partial charge in [0, 0.05) is 11.4 Å². The van der Waals surface area contributed by atoms with Gasteiger partial charge in [-0.3, -0.25) is 4.79 Å². The monoisotopic (exact) mass is 305 g/mol. The van der Waals surface area contributed by atoms with Crippen molar-refractivity contribution in [2.24, 2.45) is 0 Å². The summed E-state index contributed by atoms with van der Waals surface area (Å²) in [5.74, 6) is 1.42. The molecule has 1 aromatic carbocycles. The number of amides is 1. The summed E-state index contributed by atoms with van der Waals surface area (Å²) in [4.78, 5) is 12.9. The van der Waals surface area contributed by atoms with E-state index in [0.29, 0.717) is 31.1 Å². The highest BCUT2D eigenvalue weighted by molar-refractivity contribution is 7.10. The standard InChI is InChI=1S/C16H19NO3S/c1-3-20-15-9-12(6-7-14(15)19-2)11-17-16(18)10-13-5-4-8-21-13/h4-9H,3,10-11H2,1-2H3,(H,17,18). The van der Waals surface area contributed by atoms with E-state index in [9.17, 15) is 4.79 Å². The molecular weight excluding hydrogens is 286 g/mol. The highest BCUT2D eigenvalue weighted by atomic mass is 32.1. The molecule has 0 bridgehead atoms. The van der Waals surface area contributed by atoms with E-state index in [-0.39, 0.29) is 5.91 Å². The maximum absolute atomic E-state index is 11.9. The quantitative estimate of drug-likeness (QED) is 0.855. The first-order valence-corrected chi connectivity index (χ1v) is 7.69. The van der Waals surface area contributed by atoms with E-state index in [0.717, 1.165) is 10.4 Å². The van der Waals surface area contributed by atoms with Gasteiger partial charge >= 0.3 is 0 Å². The zero-order valence-corrected chi connectivity index (χ0v) is 13.0. The highest BCUT2D eigenvalue weighted by Gasteiger charge is 2.07. The average Bonchev–Trinajstić information content (AvgIpc) is 2.98. The molecule has 0 atom stereocenters. The van der Waals surface area contributed by atoms with E-state index in [1.807, 2.05) is 42.6 Å². The number of thiophene rings is 1. The first-order valence-electron chi connectivity index (χ1n) is 6.81. The lowest BCUT2D eigenvalue weighted by Gasteiger charge is -2.11. The van der Waals surface area contributed by atoms with Crippen LogP contribution in [0.25, 0.3) is 0 Å². The largest absolute Gasteiger partial charge is 0.493 e. The molecule has 2 rings (SSSR count). The average molecular weight is 305 g/mol. The number of rotatable bonds is 7. The van der Waals surface area contributed by atoms with E-state index in [1.54, 1.807) is 18.4 Å². The van der Waals surface area contributed by atoms with Crippen LogP contribution in [0.4, 0.5) is 0 Å². The Morgan fingerprint density at radius 3 is 2.81 bits per heavy atom. The van der Waals surface area contributed by atoms with Gasteiger partial charge in [0.2, 0.25) is 5.91 Å². The second-order valence-corrected chi connectivity index (χ2v) is 5.48. The molecule has 0 saturated heterocycles. The number of ether oxygens (including phenoxy) is 2. The van der Waals surface area contributed by atoms with Crippen LogP contribution in [-0.2, 0) is 17.8 Å². The van der Waals surface area contributed by atoms with Gasteiger partial charge in [-0.2, -0.15) is 0 Å². The zero-order chi connectivity index (χ0) is 15.1. The van der Waals surface area contributed by atoms with Gasteiger partial charge in [-0.05, 0) is 36.1 Å². The van der Waals surface area contributed by atoms with Crippen LogP contribution in [0.3, 0.4) is 0 Å². The minimum Gasteiger partial charge on any atom is -0.493 e. The SMILES string of the molecule is CCOc1cc(CNC(=O)Cc2cccs2)ccc1OC. The number of carbonyl (C=O) groups is 1. The summed E-state index contributed by atoms with van der Waals surface area (Å²) in [7, 11) is 1.61. The van der Waals surface area contributed by atoms with Gasteiger partial charge in [0.15, 0.2) is 11.5 Å². The molecule has 1 heterocycles. The fourth-order valence-corrected chi connectivity index (χ4v) is 2.64. The van der Waals surface area contributed by atoms with Crippen molar-refractivity contribution in [2.75, 3.05) is 13.7 Å². The molecule has 1 amide bonds. The molecular formula is C16H19NO3S. The van der Waals surface area contributed by atoms with Gasteiger partial charge in [0.1, 0.15) is 0 Å². The van der Waals surface area contributed by atoms with Crippen LogP contribution >= 0.6 is 11.3 Å². The van der Waals surface area contributed by atoms with Gasteiger partial charge in [-0.15, -0.1) is 11.3 Å². The Labute approximate surface area is 128 Å². The Balaban J connectivity index is 1.93. The molecule has 0 unspecified atom stereocenters. The Morgan fingerprint density at radius 1 is 1.29 bits per heavy atom. The molecule has 1 aromatic heterocycles. The summed E-state index contributed by atoms with van der Waals surface area (Å²) >= 11 is 1.59. The molecule has 0 spiro atoms. The van der Waals surface area contributed by atoms with Gasteiger partial charge < -0.3 is 14.8 Å². The van der Waals surface area contributed by atoms with Crippen LogP contribution in [0.15, 0.2) is 35.7 Å². The molecule has 2 aromatic rings. The van der Waals surface area contributed by atoms with Crippen LogP contribution in [0, 0.1) is 0 Å². The predicted octanol–water partition coefficient (Wildman–Crippen LogP) is 3.01. The first-order chi connectivity index (χ1) is 10.2. The number of nitrogens with one attached hydrogen (secondary N) is 1. The van der Waals surface area contributed by atoms with Crippen LogP contribution in [0.5, 0.6) is 11.5 Å². The predicted molar refractivity (Wildman–Crippen MR) is 84.0 cm³/mol. The highest BCUT2D eigenvalue weighted by Crippen LogP contribution is 2.27. The first kappa shape index (κ1) is 15.4. The van der Waals surface area contributed by atoms with Crippen LogP contribution in [-0.4, -0.2) is 19.6 Å². The lowest BCUT2D eigenvalue weighted by molar-refractivity contribution is -0.120. The van der Waals surface area contributed by atoms with Crippen molar-refractivity contribution in [3.8, 4) is 11.5 Å². The van der Waals surface area contributed by atoms with Gasteiger partial charge in [0.25, 0.3) is 0 Å². The molecule has 0 saturated carbocycles. The van der Waals surface area contributed by atoms with E-state index >= 15 is 0 Å². The summed E-state index contributed by atoms with van der Waals surface area (Å²) in [5, 5.41) is 4.89. The van der Waals surface area contributed by atoms with Crippen molar-refractivity contribution < 1.29 is 14.3 Å². The summed E-state index contributed by atoms with van der Waals surface area (Å²) in [6.07, 6.45) is 0.423. The molecule has 0 aliphatic rings. The fraction of sp³-hybridized carbons (Fsp3) is 0.312. The van der Waals surface area contributed by atoms with Crippen molar-refractivity contribution in [3.63, 3.8) is 0 Å². The molecule has 0 aliphatic heterocycles. The topological polar surface area (TPSA) is 47.6 Å². The minimum atomic E-state index is 0.0197. The number of hydrogen-bond acceptors (Lipinski definition) is 4. The summed E-state index contributed by atoms with van der Waals surface area (Å²) < 4.78 is 10.8. The summed E-state index contributed by atoms with van der Waals surface area (Å²) in [6.45, 7) is 2.98. The molecule has 5 heteroatoms. The van der Waals surface area contributed by atoms with Crippen LogP contribution in [0.2, 0.25) is 0 Å². The normalized spacial score (nSPS) is 10.2. The third-order valence-corrected chi connectivity index (χ3v) is 3.81. The molecule has 0 radical (unpaired) electrons. The molecule has 4 nitrogen and oxygen atoms in total. The molecule has 21 heavy (non-hydrogen) atoms. The zero-order valence-electron chi connectivity index (χ0n) is 12.2. The number of benzene rings is 1. The molecule has 0 fully saturated rings. The van der Waals surface area contributed by atoms with Crippen molar-refractivity contribution in [3.05, 3.63) is 46.2 Å². The number of methoxy groups -OCH3 is 1. The minimum absolute atomic E-state index is 0.0197. The number of carbonyl (C=O) groups excluding carboxylic acids is 1. The lowest BCUT2D eigenvalue weighted by Crippen LogP contribution is -2.24. The van der Waals surface area contributed by atoms with E-state index in [1.165, 1.54) is 0 Å². The Morgan fingerprint density at radius 2 is 2.14 bits per heavy atom. The summed E-state index contributed by atoms with van der Waals surface area (Å²) in [5.41, 5.74) is 0.985. The number of hydrogen-bond donors (Lipinski definition) is 1. The molecule has 112 valence electrons. The maximum atomic E-state index is 11.9. The lowest BCUT2D eigenvalue weighted by atomic mass is 10.2. The van der Waals surface area contributed by atoms with E-state index < -0.39 is 0 Å². The van der Waals surface area contributed by atoms with E-state index in [2.05, 4.69) is 5.32 Å². The second-order valence-electron chi connectivity index (χ2n) is 4.45. The second kappa shape index (κ2) is 7.69. The van der Waals surface area contributed by atoms with Crippen LogP contribution < -0.4 is 14.8 Å². The fourth-order valence-electron chi connectivity index (χ4n) is 1.93. The Hall–Kier alpha value is -2.01. The Bertz CT molecular complexity index is 581. The van der Waals surface area contributed by atoms with Crippen LogP contribution in [0.1, 0.15) is 17.4 Å². The third-order valence-electron chi connectivity index (χ3n) is 2.93. The maximum Gasteiger partial charge on any atom is 0.225 e. The smallest absolute Gasteiger partial charge is 0.225 e. The van der Waals surface area contributed by atoms with Gasteiger partial charge in [0.05, 0.1) is 20.1 Å². The van der Waals surface area contributed by atoms with Gasteiger partial charge in [-0.25, -0.2) is 0 Å². The molecule has 1 N–H and O–H groups in total. The van der Waals surface area contributed by atoms with Gasteiger partial charge in [-0.1, -0.05) is 12.1 Å². The van der Waals surface area contributed by atoms with Crippen molar-refractivity contribution in [2.45, 2.75) is 19.9 Å². The molecule has 0 aliphatic carbocycles. The summed E-state index contributed by atoms with van der Waals surface area (Å²) in [6, 6.07) is 9.59. The third kappa shape index (κ3) is 4.49. The van der Waals surface area contributed by atoms with Crippen molar-refractivity contribution in [1.82, 2.24) is 5.32 Å². The van der Waals surface area contributed by atoms with E-state index in [4.69, 9.17) is 9.47 Å². The van der Waals surface area contributed by atoms with Crippen molar-refractivity contribution in [1.29, 1.82) is 0 Å². The van der Waals surface area contributed by atoms with Crippen molar-refractivity contribution >= 4 is 17.2 Å². The Kier molecular flexibility index (Phi) is 5.63.